The lowest BCUT2D eigenvalue weighted by atomic mass is 10.2. The fourth-order valence-electron chi connectivity index (χ4n) is 0.931. The third kappa shape index (κ3) is 9.81. The normalized spacial score (nSPS) is 18.0. The minimum absolute atomic E-state index is 0.318. The highest BCUT2D eigenvalue weighted by Gasteiger charge is 2.07. The summed E-state index contributed by atoms with van der Waals surface area (Å²) in [6, 6.07) is 0. The molecule has 1 fully saturated rings. The molecule has 0 atom stereocenters. The number of piperidine rings is 1. The van der Waals surface area contributed by atoms with Gasteiger partial charge in [0.2, 0.25) is 0 Å². The topological polar surface area (TPSA) is 38.3 Å². The van der Waals surface area contributed by atoms with Gasteiger partial charge in [-0.05, 0) is 46.7 Å². The van der Waals surface area contributed by atoms with Crippen LogP contribution >= 0.6 is 11.6 Å². The second-order valence-electron chi connectivity index (χ2n) is 4.25. The molecule has 1 saturated heterocycles. The van der Waals surface area contributed by atoms with Crippen molar-refractivity contribution >= 4 is 18.1 Å². The lowest BCUT2D eigenvalue weighted by Gasteiger charge is -2.15. The molecule has 1 aliphatic heterocycles. The van der Waals surface area contributed by atoms with Crippen LogP contribution in [0.3, 0.4) is 0 Å². The third-order valence-electron chi connectivity index (χ3n) is 1.67. The second-order valence-corrected chi connectivity index (χ2v) is 4.87. The first-order valence-corrected chi connectivity index (χ1v) is 5.35. The molecule has 0 saturated carbocycles. The summed E-state index contributed by atoms with van der Waals surface area (Å²) < 4.78 is 4.55. The van der Waals surface area contributed by atoms with Gasteiger partial charge in [0.25, 0.3) is 6.47 Å². The van der Waals surface area contributed by atoms with Crippen LogP contribution in [0.15, 0.2) is 0 Å². The molecule has 0 spiro atoms. The lowest BCUT2D eigenvalue weighted by molar-refractivity contribution is -0.138. The molecule has 0 aromatic rings. The number of alkyl halides is 1. The molecular weight excluding hydrogens is 202 g/mol. The van der Waals surface area contributed by atoms with E-state index < -0.39 is 0 Å². The summed E-state index contributed by atoms with van der Waals surface area (Å²) in [7, 11) is 0. The smallest absolute Gasteiger partial charge is 0.293 e. The molecule has 14 heavy (non-hydrogen) atoms. The fraction of sp³-hybridized carbons (Fsp3) is 0.900. The van der Waals surface area contributed by atoms with Gasteiger partial charge in [-0.15, -0.1) is 11.6 Å². The van der Waals surface area contributed by atoms with Crippen molar-refractivity contribution in [2.75, 3.05) is 13.1 Å². The van der Waals surface area contributed by atoms with E-state index in [1.807, 2.05) is 20.8 Å². The molecule has 4 heteroatoms. The van der Waals surface area contributed by atoms with Gasteiger partial charge >= 0.3 is 0 Å². The SMILES string of the molecule is CC(C)(C)OC=O.ClC1CCNCC1. The Kier molecular flexibility index (Phi) is 6.93. The Balaban J connectivity index is 0.000000241. The molecular formula is C10H20ClNO2. The van der Waals surface area contributed by atoms with E-state index in [1.165, 1.54) is 0 Å². The Bertz CT molecular complexity index is 151. The Morgan fingerprint density at radius 3 is 2.00 bits per heavy atom. The zero-order valence-corrected chi connectivity index (χ0v) is 9.93. The van der Waals surface area contributed by atoms with Crippen molar-refractivity contribution in [2.45, 2.75) is 44.6 Å². The van der Waals surface area contributed by atoms with E-state index in [4.69, 9.17) is 11.6 Å². The molecule has 0 radical (unpaired) electrons. The maximum Gasteiger partial charge on any atom is 0.293 e. The average molecular weight is 222 g/mol. The standard InChI is InChI=1S/C5H10ClN.C5H10O2/c6-5-1-3-7-4-2-5;1-5(2,3)7-4-6/h5,7H,1-4H2;4H,1-3H3. The maximum absolute atomic E-state index is 9.60. The van der Waals surface area contributed by atoms with Gasteiger partial charge in [-0.2, -0.15) is 0 Å². The molecule has 0 bridgehead atoms. The monoisotopic (exact) mass is 221 g/mol. The predicted octanol–water partition coefficient (Wildman–Crippen LogP) is 1.94. The van der Waals surface area contributed by atoms with Crippen LogP contribution in [0.1, 0.15) is 33.6 Å². The van der Waals surface area contributed by atoms with E-state index in [2.05, 4.69) is 10.1 Å². The van der Waals surface area contributed by atoms with Gasteiger partial charge in [0, 0.05) is 5.38 Å². The van der Waals surface area contributed by atoms with E-state index in [1.54, 1.807) is 0 Å². The van der Waals surface area contributed by atoms with Crippen LogP contribution in [0, 0.1) is 0 Å². The summed E-state index contributed by atoms with van der Waals surface area (Å²) in [5.41, 5.74) is -0.318. The van der Waals surface area contributed by atoms with E-state index in [9.17, 15) is 4.79 Å². The van der Waals surface area contributed by atoms with Crippen molar-refractivity contribution in [3.8, 4) is 0 Å². The molecule has 1 aliphatic rings. The van der Waals surface area contributed by atoms with Crippen LogP contribution in [0.2, 0.25) is 0 Å². The summed E-state index contributed by atoms with van der Waals surface area (Å²) in [6.07, 6.45) is 2.28. The molecule has 0 aromatic carbocycles. The van der Waals surface area contributed by atoms with Crippen LogP contribution in [0.25, 0.3) is 0 Å². The first-order valence-electron chi connectivity index (χ1n) is 4.92. The summed E-state index contributed by atoms with van der Waals surface area (Å²) >= 11 is 5.78. The second kappa shape index (κ2) is 7.07. The van der Waals surface area contributed by atoms with E-state index in [-0.39, 0.29) is 5.60 Å². The van der Waals surface area contributed by atoms with Crippen molar-refractivity contribution in [3.05, 3.63) is 0 Å². The number of hydrogen-bond donors (Lipinski definition) is 1. The van der Waals surface area contributed by atoms with Crippen LogP contribution < -0.4 is 5.32 Å². The van der Waals surface area contributed by atoms with Crippen molar-refractivity contribution in [1.29, 1.82) is 0 Å². The highest BCUT2D eigenvalue weighted by atomic mass is 35.5. The average Bonchev–Trinajstić information content (AvgIpc) is 2.04. The van der Waals surface area contributed by atoms with Gasteiger partial charge in [0.1, 0.15) is 5.60 Å². The van der Waals surface area contributed by atoms with E-state index >= 15 is 0 Å². The number of ether oxygens (including phenoxy) is 1. The van der Waals surface area contributed by atoms with Crippen molar-refractivity contribution in [3.63, 3.8) is 0 Å². The number of carbonyl (C=O) groups excluding carboxylic acids is 1. The van der Waals surface area contributed by atoms with Gasteiger partial charge in [-0.25, -0.2) is 0 Å². The first kappa shape index (κ1) is 13.7. The molecule has 1 heterocycles. The fourth-order valence-corrected chi connectivity index (χ4v) is 1.15. The Labute approximate surface area is 91.2 Å². The summed E-state index contributed by atoms with van der Waals surface area (Å²) in [5, 5.41) is 3.68. The molecule has 0 unspecified atom stereocenters. The minimum Gasteiger partial charge on any atom is -0.462 e. The molecule has 1 rings (SSSR count). The predicted molar refractivity (Wildman–Crippen MR) is 58.6 cm³/mol. The summed E-state index contributed by atoms with van der Waals surface area (Å²) in [4.78, 5) is 9.60. The number of hydrogen-bond acceptors (Lipinski definition) is 3. The Morgan fingerprint density at radius 1 is 1.36 bits per heavy atom. The van der Waals surface area contributed by atoms with Gasteiger partial charge in [0.15, 0.2) is 0 Å². The van der Waals surface area contributed by atoms with Gasteiger partial charge in [-0.3, -0.25) is 4.79 Å². The molecule has 0 amide bonds. The maximum atomic E-state index is 9.60. The van der Waals surface area contributed by atoms with Crippen molar-refractivity contribution in [2.24, 2.45) is 0 Å². The minimum atomic E-state index is -0.318. The van der Waals surface area contributed by atoms with Crippen molar-refractivity contribution in [1.82, 2.24) is 5.32 Å². The molecule has 0 aromatic heterocycles. The zero-order chi connectivity index (χ0) is 11.0. The third-order valence-corrected chi connectivity index (χ3v) is 2.11. The molecule has 84 valence electrons. The quantitative estimate of drug-likeness (QED) is 0.543. The highest BCUT2D eigenvalue weighted by molar-refractivity contribution is 6.20. The molecule has 1 N–H and O–H groups in total. The van der Waals surface area contributed by atoms with Crippen LogP contribution in [-0.4, -0.2) is 30.5 Å². The Morgan fingerprint density at radius 2 is 1.86 bits per heavy atom. The van der Waals surface area contributed by atoms with Crippen molar-refractivity contribution < 1.29 is 9.53 Å². The largest absolute Gasteiger partial charge is 0.462 e. The van der Waals surface area contributed by atoms with Crippen LogP contribution in [0.4, 0.5) is 0 Å². The highest BCUT2D eigenvalue weighted by Crippen LogP contribution is 2.08. The van der Waals surface area contributed by atoms with Gasteiger partial charge < -0.3 is 10.1 Å². The lowest BCUT2D eigenvalue weighted by Crippen LogP contribution is -2.27. The van der Waals surface area contributed by atoms with Gasteiger partial charge in [-0.1, -0.05) is 0 Å². The Hall–Kier alpha value is -0.280. The van der Waals surface area contributed by atoms with E-state index in [0.29, 0.717) is 11.8 Å². The van der Waals surface area contributed by atoms with Gasteiger partial charge in [0.05, 0.1) is 0 Å². The zero-order valence-electron chi connectivity index (χ0n) is 9.18. The summed E-state index contributed by atoms with van der Waals surface area (Å²) in [6.45, 7) is 8.13. The van der Waals surface area contributed by atoms with Crippen LogP contribution in [-0.2, 0) is 9.53 Å². The number of carbonyl (C=O) groups is 1. The number of nitrogens with one attached hydrogen (secondary N) is 1. The van der Waals surface area contributed by atoms with Crippen LogP contribution in [0.5, 0.6) is 0 Å². The molecule has 0 aliphatic carbocycles. The molecule has 3 nitrogen and oxygen atoms in total. The number of halogens is 1. The van der Waals surface area contributed by atoms with E-state index in [0.717, 1.165) is 25.9 Å². The summed E-state index contributed by atoms with van der Waals surface area (Å²) in [5.74, 6) is 0. The first-order chi connectivity index (χ1) is 6.45. The number of rotatable bonds is 1.